The Morgan fingerprint density at radius 2 is 1.70 bits per heavy atom. The first kappa shape index (κ1) is 25.6. The van der Waals surface area contributed by atoms with Crippen molar-refractivity contribution in [3.63, 3.8) is 0 Å². The molecule has 176 valence electrons. The number of hydrogen-bond acceptors (Lipinski definition) is 6. The molecule has 0 aromatic rings. The Labute approximate surface area is 199 Å². The lowest BCUT2D eigenvalue weighted by molar-refractivity contribution is 0.118. The van der Waals surface area contributed by atoms with Crippen LogP contribution in [0, 0.1) is 22.2 Å². The normalized spacial score (nSPS) is 32.9. The molecule has 3 aliphatic rings. The van der Waals surface area contributed by atoms with Crippen molar-refractivity contribution < 1.29 is 0 Å². The van der Waals surface area contributed by atoms with Crippen molar-refractivity contribution in [2.24, 2.45) is 22.2 Å². The predicted molar refractivity (Wildman–Crippen MR) is 141 cm³/mol. The van der Waals surface area contributed by atoms with Crippen molar-refractivity contribution in [3.8, 4) is 0 Å². The summed E-state index contributed by atoms with van der Waals surface area (Å²) in [4.78, 5) is 2.74. The number of thioether (sulfide) groups is 3. The van der Waals surface area contributed by atoms with E-state index in [1.165, 1.54) is 61.4 Å². The maximum atomic E-state index is 4.11. The topological polar surface area (TPSA) is 27.3 Å². The Morgan fingerprint density at radius 1 is 0.933 bits per heavy atom. The Balaban J connectivity index is 1.55. The van der Waals surface area contributed by atoms with Crippen molar-refractivity contribution in [2.45, 2.75) is 78.8 Å². The third-order valence-corrected chi connectivity index (χ3v) is 11.2. The zero-order chi connectivity index (χ0) is 22.0. The average molecular weight is 474 g/mol. The fraction of sp³-hybridized carbons (Fsp3) is 1.00. The van der Waals surface area contributed by atoms with Crippen molar-refractivity contribution >= 4 is 35.3 Å². The lowest BCUT2D eigenvalue weighted by atomic mass is 9.78. The third-order valence-electron chi connectivity index (χ3n) is 7.41. The summed E-state index contributed by atoms with van der Waals surface area (Å²) >= 11 is 6.43. The summed E-state index contributed by atoms with van der Waals surface area (Å²) in [5.74, 6) is 7.16. The Hall–Kier alpha value is 0.930. The maximum Gasteiger partial charge on any atom is 0.0598 e. The Kier molecular flexibility index (Phi) is 8.91. The highest BCUT2D eigenvalue weighted by atomic mass is 32.2. The highest BCUT2D eigenvalue weighted by molar-refractivity contribution is 8.00. The predicted octanol–water partition coefficient (Wildman–Crippen LogP) is 5.22. The number of hydrogen-bond donors (Lipinski definition) is 2. The smallest absolute Gasteiger partial charge is 0.0598 e. The summed E-state index contributed by atoms with van der Waals surface area (Å²) in [6, 6.07) is 1.30. The van der Waals surface area contributed by atoms with E-state index in [0.29, 0.717) is 28.3 Å². The fourth-order valence-corrected chi connectivity index (χ4v) is 9.32. The van der Waals surface area contributed by atoms with Crippen molar-refractivity contribution in [1.82, 2.24) is 15.5 Å². The van der Waals surface area contributed by atoms with Crippen LogP contribution in [-0.2, 0) is 0 Å². The molecule has 3 saturated heterocycles. The van der Waals surface area contributed by atoms with Gasteiger partial charge in [0, 0.05) is 54.5 Å². The Bertz CT molecular complexity index is 540. The van der Waals surface area contributed by atoms with Gasteiger partial charge in [-0.25, -0.2) is 0 Å². The minimum Gasteiger partial charge on any atom is -0.312 e. The molecule has 30 heavy (non-hydrogen) atoms. The van der Waals surface area contributed by atoms with E-state index in [2.05, 4.69) is 99.3 Å². The van der Waals surface area contributed by atoms with Crippen LogP contribution in [0.3, 0.4) is 0 Å². The van der Waals surface area contributed by atoms with E-state index in [-0.39, 0.29) is 5.41 Å². The molecule has 0 spiro atoms. The standard InChI is InChI=1S/C24H47N3S3/c1-22(2,3)18-13-27(17-29-14-18)16-24(6,7)21-26-19(8-10-30-21)12-23(4,5)20-15-28-11-9-25-20/h18-21,25-26H,8-17H2,1-7H3. The average Bonchev–Trinajstić information content (AvgIpc) is 2.68. The highest BCUT2D eigenvalue weighted by Crippen LogP contribution is 2.40. The largest absolute Gasteiger partial charge is 0.312 e. The molecule has 0 aromatic heterocycles. The van der Waals surface area contributed by atoms with Gasteiger partial charge in [-0.15, -0.1) is 23.5 Å². The first-order chi connectivity index (χ1) is 14.0. The number of rotatable bonds is 6. The summed E-state index contributed by atoms with van der Waals surface area (Å²) in [6.07, 6.45) is 2.59. The van der Waals surface area contributed by atoms with E-state index in [4.69, 9.17) is 0 Å². The van der Waals surface area contributed by atoms with Gasteiger partial charge in [0.05, 0.1) is 5.37 Å². The van der Waals surface area contributed by atoms with Crippen LogP contribution >= 0.6 is 35.3 Å². The van der Waals surface area contributed by atoms with Crippen LogP contribution in [0.5, 0.6) is 0 Å². The molecule has 2 N–H and O–H groups in total. The van der Waals surface area contributed by atoms with E-state index in [9.17, 15) is 0 Å². The van der Waals surface area contributed by atoms with Crippen LogP contribution in [0.1, 0.15) is 61.3 Å². The molecular weight excluding hydrogens is 426 g/mol. The van der Waals surface area contributed by atoms with Crippen molar-refractivity contribution in [2.75, 3.05) is 48.5 Å². The first-order valence-electron chi connectivity index (χ1n) is 12.0. The fourth-order valence-electron chi connectivity index (χ4n) is 5.16. The molecule has 4 atom stereocenters. The van der Waals surface area contributed by atoms with Gasteiger partial charge in [0.2, 0.25) is 0 Å². The molecule has 0 amide bonds. The van der Waals surface area contributed by atoms with Gasteiger partial charge >= 0.3 is 0 Å². The molecule has 3 heterocycles. The van der Waals surface area contributed by atoms with Gasteiger partial charge in [-0.1, -0.05) is 48.5 Å². The molecule has 3 aliphatic heterocycles. The first-order valence-corrected chi connectivity index (χ1v) is 15.3. The molecule has 0 aromatic carbocycles. The summed E-state index contributed by atoms with van der Waals surface area (Å²) in [5, 5.41) is 8.47. The second-order valence-electron chi connectivity index (χ2n) is 12.2. The zero-order valence-corrected chi connectivity index (χ0v) is 23.0. The maximum absolute atomic E-state index is 4.11. The second-order valence-corrected chi connectivity index (χ2v) is 15.6. The number of nitrogens with one attached hydrogen (secondary N) is 2. The molecule has 4 unspecified atom stereocenters. The second kappa shape index (κ2) is 10.5. The number of nitrogens with zero attached hydrogens (tertiary/aromatic N) is 1. The lowest BCUT2D eigenvalue weighted by Gasteiger charge is -2.47. The molecule has 3 fully saturated rings. The molecule has 3 nitrogen and oxygen atoms in total. The van der Waals surface area contributed by atoms with Gasteiger partial charge < -0.3 is 10.6 Å². The minimum absolute atomic E-state index is 0.284. The lowest BCUT2D eigenvalue weighted by Crippen LogP contribution is -2.56. The van der Waals surface area contributed by atoms with Gasteiger partial charge in [0.1, 0.15) is 0 Å². The molecule has 6 heteroatoms. The third kappa shape index (κ3) is 6.96. The van der Waals surface area contributed by atoms with Crippen LogP contribution in [0.2, 0.25) is 0 Å². The summed E-state index contributed by atoms with van der Waals surface area (Å²) in [6.45, 7) is 20.8. The molecule has 0 aliphatic carbocycles. The van der Waals surface area contributed by atoms with Gasteiger partial charge in [-0.05, 0) is 41.1 Å². The molecule has 0 saturated carbocycles. The van der Waals surface area contributed by atoms with Crippen LogP contribution in [0.15, 0.2) is 0 Å². The van der Waals surface area contributed by atoms with Crippen molar-refractivity contribution in [1.29, 1.82) is 0 Å². The molecule has 0 radical (unpaired) electrons. The quantitative estimate of drug-likeness (QED) is 0.549. The van der Waals surface area contributed by atoms with E-state index < -0.39 is 0 Å². The summed E-state index contributed by atoms with van der Waals surface area (Å²) in [7, 11) is 0. The van der Waals surface area contributed by atoms with Crippen LogP contribution in [-0.4, -0.2) is 70.9 Å². The van der Waals surface area contributed by atoms with Crippen LogP contribution in [0.4, 0.5) is 0 Å². The molecular formula is C24H47N3S3. The van der Waals surface area contributed by atoms with Gasteiger partial charge in [-0.3, -0.25) is 4.90 Å². The SMILES string of the molecule is CC(C)(C)C1CSCN(CC(C)(C)C2NC(CC(C)(C)C3CSCCN3)CCS2)C1. The molecule has 0 bridgehead atoms. The van der Waals surface area contributed by atoms with Crippen LogP contribution in [0.25, 0.3) is 0 Å². The minimum atomic E-state index is 0.284. The van der Waals surface area contributed by atoms with E-state index >= 15 is 0 Å². The zero-order valence-electron chi connectivity index (χ0n) is 20.6. The monoisotopic (exact) mass is 473 g/mol. The van der Waals surface area contributed by atoms with Gasteiger partial charge in [-0.2, -0.15) is 11.8 Å². The summed E-state index contributed by atoms with van der Waals surface area (Å²) in [5.41, 5.74) is 1.05. The van der Waals surface area contributed by atoms with Crippen LogP contribution < -0.4 is 10.6 Å². The molecule has 3 rings (SSSR count). The van der Waals surface area contributed by atoms with Gasteiger partial charge in [0.25, 0.3) is 0 Å². The Morgan fingerprint density at radius 3 is 2.37 bits per heavy atom. The van der Waals surface area contributed by atoms with Gasteiger partial charge in [0.15, 0.2) is 0 Å². The van der Waals surface area contributed by atoms with E-state index in [0.717, 1.165) is 5.92 Å². The van der Waals surface area contributed by atoms with E-state index in [1.54, 1.807) is 0 Å². The highest BCUT2D eigenvalue weighted by Gasteiger charge is 2.40. The van der Waals surface area contributed by atoms with E-state index in [1.807, 2.05) is 0 Å². The van der Waals surface area contributed by atoms with Crippen molar-refractivity contribution in [3.05, 3.63) is 0 Å². The summed E-state index contributed by atoms with van der Waals surface area (Å²) < 4.78 is 0.